The zero-order chi connectivity index (χ0) is 20.1. The molecule has 0 aromatic heterocycles. The fourth-order valence-electron chi connectivity index (χ4n) is 2.66. The second-order valence-corrected chi connectivity index (χ2v) is 6.36. The maximum Gasteiger partial charge on any atom is 0.358 e. The molecular weight excluding hydrogens is 391 g/mol. The first-order valence-corrected chi connectivity index (χ1v) is 8.87. The molecule has 1 fully saturated rings. The lowest BCUT2D eigenvalue weighted by molar-refractivity contribution is -0.275. The second-order valence-electron chi connectivity index (χ2n) is 6.03. The SMILES string of the molecule is OC[C@H]1O[C@H](Oc2ccccc2)[C@@H](O)[C@@H](OC(=S)Oc2ccc(F)cc2)[C@@H]1O. The van der Waals surface area contributed by atoms with Gasteiger partial charge in [0.15, 0.2) is 12.2 Å². The third-order valence-electron chi connectivity index (χ3n) is 4.06. The molecule has 1 aliphatic heterocycles. The third kappa shape index (κ3) is 4.94. The van der Waals surface area contributed by atoms with E-state index in [1.165, 1.54) is 24.3 Å². The molecule has 0 spiro atoms. The van der Waals surface area contributed by atoms with Gasteiger partial charge in [-0.2, -0.15) is 0 Å². The van der Waals surface area contributed by atoms with Gasteiger partial charge < -0.3 is 34.3 Å². The average molecular weight is 410 g/mol. The summed E-state index contributed by atoms with van der Waals surface area (Å²) in [5.41, 5.74) is 0. The maximum atomic E-state index is 13.0. The summed E-state index contributed by atoms with van der Waals surface area (Å²) in [5.74, 6) is 0.197. The minimum Gasteiger partial charge on any atom is -0.462 e. The van der Waals surface area contributed by atoms with Crippen molar-refractivity contribution < 1.29 is 38.7 Å². The van der Waals surface area contributed by atoms with Crippen LogP contribution in [0.4, 0.5) is 4.39 Å². The number of halogens is 1. The minimum absolute atomic E-state index is 0.221. The van der Waals surface area contributed by atoms with Crippen LogP contribution in [0.5, 0.6) is 11.5 Å². The molecular formula is C19H19FO7S. The quantitative estimate of drug-likeness (QED) is 0.637. The summed E-state index contributed by atoms with van der Waals surface area (Å²) in [6.45, 7) is -0.534. The van der Waals surface area contributed by atoms with E-state index < -0.39 is 48.4 Å². The molecule has 9 heteroatoms. The van der Waals surface area contributed by atoms with E-state index in [0.717, 1.165) is 0 Å². The van der Waals surface area contributed by atoms with Crippen molar-refractivity contribution in [3.63, 3.8) is 0 Å². The number of thiocarbonyl (C=S) groups is 1. The highest BCUT2D eigenvalue weighted by Crippen LogP contribution is 2.26. The normalized spacial score (nSPS) is 27.1. The molecule has 7 nitrogen and oxygen atoms in total. The van der Waals surface area contributed by atoms with E-state index in [-0.39, 0.29) is 5.75 Å². The first-order valence-electron chi connectivity index (χ1n) is 8.46. The number of para-hydroxylation sites is 1. The second kappa shape index (κ2) is 9.26. The number of benzene rings is 2. The Balaban J connectivity index is 1.69. The molecule has 1 saturated heterocycles. The van der Waals surface area contributed by atoms with Crippen molar-refractivity contribution in [2.24, 2.45) is 0 Å². The van der Waals surface area contributed by atoms with Gasteiger partial charge in [0, 0.05) is 12.2 Å². The van der Waals surface area contributed by atoms with Crippen LogP contribution in [0, 0.1) is 5.82 Å². The van der Waals surface area contributed by atoms with E-state index in [0.29, 0.717) is 5.75 Å². The van der Waals surface area contributed by atoms with E-state index in [2.05, 4.69) is 0 Å². The van der Waals surface area contributed by atoms with Gasteiger partial charge in [-0.25, -0.2) is 4.39 Å². The Morgan fingerprint density at radius 2 is 1.68 bits per heavy atom. The van der Waals surface area contributed by atoms with Gasteiger partial charge in [0.1, 0.15) is 29.5 Å². The van der Waals surface area contributed by atoms with E-state index in [9.17, 15) is 19.7 Å². The van der Waals surface area contributed by atoms with Gasteiger partial charge in [-0.15, -0.1) is 0 Å². The van der Waals surface area contributed by atoms with Crippen LogP contribution in [-0.4, -0.2) is 57.9 Å². The molecule has 0 saturated carbocycles. The summed E-state index contributed by atoms with van der Waals surface area (Å²) < 4.78 is 34.6. The number of rotatable bonds is 5. The number of ether oxygens (including phenoxy) is 4. The predicted molar refractivity (Wildman–Crippen MR) is 99.3 cm³/mol. The average Bonchev–Trinajstić information content (AvgIpc) is 2.70. The van der Waals surface area contributed by atoms with Crippen LogP contribution in [0.1, 0.15) is 0 Å². The fraction of sp³-hybridized carbons (Fsp3) is 0.316. The third-order valence-corrected chi connectivity index (χ3v) is 4.24. The van der Waals surface area contributed by atoms with E-state index in [4.69, 9.17) is 31.2 Å². The molecule has 2 aromatic rings. The molecule has 0 amide bonds. The smallest absolute Gasteiger partial charge is 0.358 e. The molecule has 150 valence electrons. The summed E-state index contributed by atoms with van der Waals surface area (Å²) in [5, 5.41) is 30.0. The lowest BCUT2D eigenvalue weighted by Gasteiger charge is -2.41. The van der Waals surface area contributed by atoms with Crippen molar-refractivity contribution in [1.82, 2.24) is 0 Å². The molecule has 0 radical (unpaired) electrons. The molecule has 1 aliphatic rings. The molecule has 3 N–H and O–H groups in total. The molecule has 0 bridgehead atoms. The molecule has 2 aromatic carbocycles. The number of aliphatic hydroxyl groups excluding tert-OH is 3. The van der Waals surface area contributed by atoms with Crippen molar-refractivity contribution in [3.8, 4) is 11.5 Å². The van der Waals surface area contributed by atoms with Crippen molar-refractivity contribution in [2.45, 2.75) is 30.7 Å². The Bertz CT molecular complexity index is 774. The molecule has 1 heterocycles. The van der Waals surface area contributed by atoms with Gasteiger partial charge >= 0.3 is 5.24 Å². The predicted octanol–water partition coefficient (Wildman–Crippen LogP) is 1.39. The van der Waals surface area contributed by atoms with Gasteiger partial charge in [0.25, 0.3) is 0 Å². The van der Waals surface area contributed by atoms with Crippen LogP contribution in [-0.2, 0) is 9.47 Å². The Morgan fingerprint density at radius 1 is 1.00 bits per heavy atom. The standard InChI is InChI=1S/C19H19FO7S/c20-11-6-8-13(9-7-11)25-19(28)27-17-15(22)14(10-21)26-18(16(17)23)24-12-4-2-1-3-5-12/h1-9,14-18,21-23H,10H2/t14-,15-,16+,17+,18+/m1/s1. The Hall–Kier alpha value is -2.30. The Kier molecular flexibility index (Phi) is 6.76. The minimum atomic E-state index is -1.44. The highest BCUT2D eigenvalue weighted by molar-refractivity contribution is 7.79. The van der Waals surface area contributed by atoms with Crippen LogP contribution >= 0.6 is 12.2 Å². The molecule has 0 aliphatic carbocycles. The number of hydrogen-bond acceptors (Lipinski definition) is 8. The summed E-state index contributed by atoms with van der Waals surface area (Å²) in [7, 11) is 0. The van der Waals surface area contributed by atoms with Crippen molar-refractivity contribution >= 4 is 17.5 Å². The van der Waals surface area contributed by atoms with Crippen molar-refractivity contribution in [1.29, 1.82) is 0 Å². The van der Waals surface area contributed by atoms with Crippen LogP contribution in [0.2, 0.25) is 0 Å². The lowest BCUT2D eigenvalue weighted by atomic mass is 9.99. The molecule has 28 heavy (non-hydrogen) atoms. The highest BCUT2D eigenvalue weighted by Gasteiger charge is 2.47. The van der Waals surface area contributed by atoms with Gasteiger partial charge in [0.05, 0.1) is 6.61 Å². The first-order chi connectivity index (χ1) is 13.5. The van der Waals surface area contributed by atoms with Gasteiger partial charge in [-0.1, -0.05) is 18.2 Å². The zero-order valence-electron chi connectivity index (χ0n) is 14.6. The van der Waals surface area contributed by atoms with Crippen molar-refractivity contribution in [3.05, 3.63) is 60.4 Å². The highest BCUT2D eigenvalue weighted by atomic mass is 32.1. The first kappa shape index (κ1) is 20.4. The monoisotopic (exact) mass is 410 g/mol. The van der Waals surface area contributed by atoms with Crippen LogP contribution in [0.25, 0.3) is 0 Å². The maximum absolute atomic E-state index is 13.0. The summed E-state index contributed by atoms with van der Waals surface area (Å²) in [4.78, 5) is 0. The summed E-state index contributed by atoms with van der Waals surface area (Å²) in [6.07, 6.45) is -6.41. The van der Waals surface area contributed by atoms with Gasteiger partial charge in [-0.05, 0) is 36.4 Å². The van der Waals surface area contributed by atoms with Crippen LogP contribution in [0.15, 0.2) is 54.6 Å². The number of aliphatic hydroxyl groups is 3. The van der Waals surface area contributed by atoms with Gasteiger partial charge in [0.2, 0.25) is 6.29 Å². The molecule has 0 unspecified atom stereocenters. The number of hydrogen-bond donors (Lipinski definition) is 3. The van der Waals surface area contributed by atoms with E-state index >= 15 is 0 Å². The Labute approximate surface area is 165 Å². The van der Waals surface area contributed by atoms with E-state index in [1.54, 1.807) is 30.3 Å². The lowest BCUT2D eigenvalue weighted by Crippen LogP contribution is -2.61. The molecule has 5 atom stereocenters. The topological polar surface area (TPSA) is 97.6 Å². The largest absolute Gasteiger partial charge is 0.462 e. The van der Waals surface area contributed by atoms with Crippen molar-refractivity contribution in [2.75, 3.05) is 6.61 Å². The fourth-order valence-corrected chi connectivity index (χ4v) is 2.86. The van der Waals surface area contributed by atoms with Crippen LogP contribution in [0.3, 0.4) is 0 Å². The van der Waals surface area contributed by atoms with Gasteiger partial charge in [-0.3, -0.25) is 0 Å². The van der Waals surface area contributed by atoms with E-state index in [1.807, 2.05) is 0 Å². The summed E-state index contributed by atoms with van der Waals surface area (Å²) in [6, 6.07) is 13.6. The zero-order valence-corrected chi connectivity index (χ0v) is 15.4. The molecule has 3 rings (SSSR count). The van der Waals surface area contributed by atoms with Crippen LogP contribution < -0.4 is 9.47 Å². The summed E-state index contributed by atoms with van der Waals surface area (Å²) >= 11 is 4.99. The Morgan fingerprint density at radius 3 is 2.32 bits per heavy atom.